The van der Waals surface area contributed by atoms with Gasteiger partial charge >= 0.3 is 0 Å². The van der Waals surface area contributed by atoms with Crippen LogP contribution in [0, 0.1) is 5.82 Å². The monoisotopic (exact) mass is 715 g/mol. The van der Waals surface area contributed by atoms with E-state index in [1.165, 1.54) is 6.07 Å². The summed E-state index contributed by atoms with van der Waals surface area (Å²) in [6.07, 6.45) is 13.8. The molecule has 9 rings (SSSR count). The zero-order valence-electron chi connectivity index (χ0n) is 30.5. The number of anilines is 1. The minimum absolute atomic E-state index is 0.0556. The molecule has 0 spiro atoms. The second kappa shape index (κ2) is 13.8. The van der Waals surface area contributed by atoms with E-state index in [9.17, 15) is 9.59 Å². The standard InChI is InChI=1S/C42H46FN7O3/c1-46-16-5-9-30(46)12-19-48(20-13-31-10-6-17-47(31)2)42(52)33-26-50-36-21-27-7-3-4-8-28(27)22-37(36)53-41-38(50)32(40(33)51)23-34(43)39(41)49-18-11-29(25-49)35-24-44-14-15-45-35/h3-4,7-8,14-15,21-24,26,29-31H,5-6,9-13,16-20,25H2,1-2H3/t29?,30-,31?/m0/s1. The van der Waals surface area contributed by atoms with Gasteiger partial charge in [-0.05, 0) is 101 Å². The van der Waals surface area contributed by atoms with Gasteiger partial charge in [0, 0.05) is 69.0 Å². The third-order valence-electron chi connectivity index (χ3n) is 12.3. The largest absolute Gasteiger partial charge is 0.451 e. The Hall–Kier alpha value is -4.87. The van der Waals surface area contributed by atoms with Gasteiger partial charge in [-0.25, -0.2) is 4.39 Å². The fourth-order valence-electron chi connectivity index (χ4n) is 9.25. The van der Waals surface area contributed by atoms with E-state index in [1.807, 2.05) is 50.8 Å². The summed E-state index contributed by atoms with van der Waals surface area (Å²) in [7, 11) is 4.30. The number of likely N-dealkylation sites (tertiary alicyclic amines) is 2. The van der Waals surface area contributed by atoms with Gasteiger partial charge in [0.15, 0.2) is 17.3 Å². The minimum Gasteiger partial charge on any atom is -0.451 e. The molecule has 0 N–H and O–H groups in total. The maximum atomic E-state index is 16.7. The molecule has 1 amide bonds. The van der Waals surface area contributed by atoms with Gasteiger partial charge in [0.2, 0.25) is 5.43 Å². The zero-order valence-corrected chi connectivity index (χ0v) is 30.5. The average molecular weight is 716 g/mol. The van der Waals surface area contributed by atoms with Crippen LogP contribution in [0.4, 0.5) is 10.1 Å². The summed E-state index contributed by atoms with van der Waals surface area (Å²) in [5.74, 6) is 0.0703. The summed E-state index contributed by atoms with van der Waals surface area (Å²) < 4.78 is 25.2. The fraction of sp³-hybridized carbons (Fsp3) is 0.429. The highest BCUT2D eigenvalue weighted by atomic mass is 19.1. The molecule has 53 heavy (non-hydrogen) atoms. The van der Waals surface area contributed by atoms with Gasteiger partial charge in [0.25, 0.3) is 5.91 Å². The van der Waals surface area contributed by atoms with Gasteiger partial charge in [0.05, 0.1) is 16.8 Å². The van der Waals surface area contributed by atoms with E-state index in [-0.39, 0.29) is 22.8 Å². The summed E-state index contributed by atoms with van der Waals surface area (Å²) in [4.78, 5) is 46.7. The molecule has 5 aromatic rings. The third-order valence-corrected chi connectivity index (χ3v) is 12.3. The number of carbonyl (C=O) groups excluding carboxylic acids is 1. The number of hydrogen-bond acceptors (Lipinski definition) is 8. The van der Waals surface area contributed by atoms with Crippen LogP contribution in [-0.2, 0) is 0 Å². The molecule has 11 heteroatoms. The number of aromatic nitrogens is 3. The molecule has 274 valence electrons. The highest BCUT2D eigenvalue weighted by Crippen LogP contribution is 2.49. The van der Waals surface area contributed by atoms with Crippen molar-refractivity contribution < 1.29 is 13.9 Å². The molecule has 0 aliphatic carbocycles. The number of amides is 1. The van der Waals surface area contributed by atoms with E-state index >= 15 is 4.39 Å². The first kappa shape index (κ1) is 33.9. The zero-order chi connectivity index (χ0) is 36.2. The summed E-state index contributed by atoms with van der Waals surface area (Å²) in [6.45, 7) is 4.37. The lowest BCUT2D eigenvalue weighted by Gasteiger charge is -2.31. The fourth-order valence-corrected chi connectivity index (χ4v) is 9.25. The number of fused-ring (bicyclic) bond motifs is 3. The molecule has 4 aliphatic heterocycles. The summed E-state index contributed by atoms with van der Waals surface area (Å²) >= 11 is 0. The average Bonchev–Trinajstić information content (AvgIpc) is 3.93. The molecule has 2 aromatic heterocycles. The summed E-state index contributed by atoms with van der Waals surface area (Å²) in [6, 6.07) is 14.1. The van der Waals surface area contributed by atoms with Crippen LogP contribution in [0.1, 0.15) is 66.9 Å². The second-order valence-electron chi connectivity index (χ2n) is 15.4. The molecule has 0 saturated carbocycles. The topological polar surface area (TPSA) is 87.0 Å². The number of pyridine rings is 1. The Morgan fingerprint density at radius 3 is 2.32 bits per heavy atom. The minimum atomic E-state index is -0.546. The van der Waals surface area contributed by atoms with Crippen LogP contribution in [0.3, 0.4) is 0 Å². The van der Waals surface area contributed by atoms with Crippen LogP contribution in [0.2, 0.25) is 0 Å². The first-order valence-corrected chi connectivity index (χ1v) is 19.2. The molecule has 0 radical (unpaired) electrons. The Bertz CT molecular complexity index is 2240. The third kappa shape index (κ3) is 6.13. The van der Waals surface area contributed by atoms with Crippen LogP contribution in [0.15, 0.2) is 72.0 Å². The number of hydrogen-bond donors (Lipinski definition) is 0. The predicted octanol–water partition coefficient (Wildman–Crippen LogP) is 6.58. The Kier molecular flexibility index (Phi) is 8.86. The van der Waals surface area contributed by atoms with Gasteiger partial charge in [-0.1, -0.05) is 24.3 Å². The Morgan fingerprint density at radius 1 is 0.943 bits per heavy atom. The maximum absolute atomic E-state index is 16.7. The normalized spacial score (nSPS) is 21.4. The lowest BCUT2D eigenvalue weighted by Crippen LogP contribution is -2.40. The van der Waals surface area contributed by atoms with Gasteiger partial charge < -0.3 is 28.9 Å². The van der Waals surface area contributed by atoms with E-state index in [0.29, 0.717) is 66.7 Å². The quantitative estimate of drug-likeness (QED) is 0.166. The molecule has 3 atom stereocenters. The second-order valence-corrected chi connectivity index (χ2v) is 15.4. The van der Waals surface area contributed by atoms with E-state index in [2.05, 4.69) is 33.9 Å². The Labute approximate surface area is 308 Å². The molecule has 3 aromatic carbocycles. The first-order chi connectivity index (χ1) is 25.8. The predicted molar refractivity (Wildman–Crippen MR) is 205 cm³/mol. The number of benzene rings is 3. The van der Waals surface area contributed by atoms with Gasteiger partial charge in [-0.2, -0.15) is 0 Å². The Balaban J connectivity index is 1.15. The van der Waals surface area contributed by atoms with Gasteiger partial charge in [-0.15, -0.1) is 0 Å². The molecule has 3 saturated heterocycles. The van der Waals surface area contributed by atoms with Gasteiger partial charge in [-0.3, -0.25) is 19.6 Å². The number of halogens is 1. The first-order valence-electron chi connectivity index (χ1n) is 19.2. The van der Waals surface area contributed by atoms with E-state index < -0.39 is 11.2 Å². The van der Waals surface area contributed by atoms with E-state index in [1.54, 1.807) is 24.8 Å². The van der Waals surface area contributed by atoms with E-state index in [0.717, 1.165) is 74.5 Å². The van der Waals surface area contributed by atoms with Crippen molar-refractivity contribution >= 4 is 33.3 Å². The van der Waals surface area contributed by atoms with Crippen LogP contribution in [-0.4, -0.2) is 101 Å². The molecule has 2 unspecified atom stereocenters. The molecular formula is C42H46FN7O3. The molecule has 10 nitrogen and oxygen atoms in total. The highest BCUT2D eigenvalue weighted by Gasteiger charge is 2.35. The van der Waals surface area contributed by atoms with Crippen molar-refractivity contribution in [2.75, 3.05) is 58.3 Å². The molecule has 4 aliphatic rings. The number of rotatable bonds is 9. The molecule has 3 fully saturated rings. The van der Waals surface area contributed by atoms with Crippen molar-refractivity contribution in [3.8, 4) is 17.2 Å². The summed E-state index contributed by atoms with van der Waals surface area (Å²) in [5.41, 5.74) is 1.95. The summed E-state index contributed by atoms with van der Waals surface area (Å²) in [5, 5.41) is 2.11. The smallest absolute Gasteiger partial charge is 0.259 e. The Morgan fingerprint density at radius 2 is 1.66 bits per heavy atom. The van der Waals surface area contributed by atoms with Crippen LogP contribution in [0.5, 0.6) is 11.5 Å². The lowest BCUT2D eigenvalue weighted by atomic mass is 10.0. The van der Waals surface area contributed by atoms with E-state index in [4.69, 9.17) is 4.74 Å². The highest BCUT2D eigenvalue weighted by molar-refractivity contribution is 6.02. The van der Waals surface area contributed by atoms with Crippen molar-refractivity contribution in [1.29, 1.82) is 0 Å². The molecule has 0 bridgehead atoms. The van der Waals surface area contributed by atoms with Crippen LogP contribution < -0.4 is 15.1 Å². The van der Waals surface area contributed by atoms with Crippen molar-refractivity contribution in [3.63, 3.8) is 0 Å². The molecular weight excluding hydrogens is 670 g/mol. The SMILES string of the molecule is CN1CCCC1CCN(CC[C@@H]1CCCN1C)C(=O)c1cn2c3c(c(N4CCC(c5cnccn5)C4)c(F)cc3c1=O)Oc1cc3ccccc3cc1-2. The number of nitrogens with zero attached hydrogens (tertiary/aromatic N) is 7. The van der Waals surface area contributed by atoms with Crippen molar-refractivity contribution in [3.05, 3.63) is 94.5 Å². The van der Waals surface area contributed by atoms with Crippen LogP contribution >= 0.6 is 0 Å². The van der Waals surface area contributed by atoms with Crippen LogP contribution in [0.25, 0.3) is 27.4 Å². The number of carbonyl (C=O) groups is 1. The maximum Gasteiger partial charge on any atom is 0.259 e. The van der Waals surface area contributed by atoms with Crippen molar-refractivity contribution in [2.24, 2.45) is 0 Å². The van der Waals surface area contributed by atoms with Crippen molar-refractivity contribution in [1.82, 2.24) is 29.2 Å². The lowest BCUT2D eigenvalue weighted by molar-refractivity contribution is 0.0726. The van der Waals surface area contributed by atoms with Gasteiger partial charge in [0.1, 0.15) is 16.8 Å². The van der Waals surface area contributed by atoms with Crippen molar-refractivity contribution in [2.45, 2.75) is 62.9 Å². The number of ether oxygens (including phenoxy) is 1. The molecule has 6 heterocycles.